The zero-order valence-electron chi connectivity index (χ0n) is 24.6. The van der Waals surface area contributed by atoms with Crippen LogP contribution in [-0.2, 0) is 0 Å². The van der Waals surface area contributed by atoms with E-state index in [0.717, 1.165) is 11.3 Å². The van der Waals surface area contributed by atoms with Gasteiger partial charge in [-0.05, 0) is 103 Å². The van der Waals surface area contributed by atoms with Crippen molar-refractivity contribution in [2.75, 3.05) is 0 Å². The van der Waals surface area contributed by atoms with E-state index in [9.17, 15) is 0 Å². The third-order valence-corrected chi connectivity index (χ3v) is 10.6. The monoisotopic (exact) mass is 590 g/mol. The van der Waals surface area contributed by atoms with E-state index in [1.165, 1.54) is 86.3 Å². The first kappa shape index (κ1) is 25.0. The topological polar surface area (TPSA) is 17.8 Å². The second-order valence-electron chi connectivity index (χ2n) is 12.0. The van der Waals surface area contributed by atoms with E-state index in [0.29, 0.717) is 0 Å². The predicted octanol–water partition coefficient (Wildman–Crippen LogP) is 11.7. The normalized spacial score (nSPS) is 12.5. The highest BCUT2D eigenvalue weighted by molar-refractivity contribution is 7.99. The van der Waals surface area contributed by atoms with Crippen LogP contribution in [0.25, 0.3) is 82.1 Å². The fraction of sp³-hybridized carbons (Fsp3) is 0.0238. The first-order valence-electron chi connectivity index (χ1n) is 15.4. The highest BCUT2D eigenvalue weighted by Crippen LogP contribution is 2.48. The van der Waals surface area contributed by atoms with Crippen molar-refractivity contribution in [1.82, 2.24) is 9.55 Å². The Hall–Kier alpha value is -5.38. The molecule has 0 bridgehead atoms. The lowest BCUT2D eigenvalue weighted by molar-refractivity contribution is 0.963. The Morgan fingerprint density at radius 2 is 1.07 bits per heavy atom. The van der Waals surface area contributed by atoms with Gasteiger partial charge in [0, 0.05) is 9.79 Å². The molecule has 0 fully saturated rings. The maximum Gasteiger partial charge on any atom is 0.111 e. The van der Waals surface area contributed by atoms with Gasteiger partial charge in [-0.3, -0.25) is 4.57 Å². The number of hydrogen-bond acceptors (Lipinski definition) is 2. The van der Waals surface area contributed by atoms with Gasteiger partial charge in [0.1, 0.15) is 5.82 Å². The molecular formula is C42H26N2S. The van der Waals surface area contributed by atoms with Crippen molar-refractivity contribution in [2.24, 2.45) is 0 Å². The maximum absolute atomic E-state index is 4.87. The summed E-state index contributed by atoms with van der Waals surface area (Å²) < 4.78 is 2.32. The lowest BCUT2D eigenvalue weighted by Gasteiger charge is -2.22. The molecule has 0 atom stereocenters. The van der Waals surface area contributed by atoms with Gasteiger partial charge in [-0.1, -0.05) is 121 Å². The molecule has 10 rings (SSSR count). The van der Waals surface area contributed by atoms with Gasteiger partial charge in [-0.15, -0.1) is 0 Å². The fourth-order valence-corrected chi connectivity index (χ4v) is 8.68. The van der Waals surface area contributed by atoms with E-state index in [1.54, 1.807) is 0 Å². The molecule has 2 heterocycles. The molecule has 0 amide bonds. The van der Waals surface area contributed by atoms with E-state index in [4.69, 9.17) is 4.98 Å². The molecule has 0 saturated carbocycles. The van der Waals surface area contributed by atoms with Crippen LogP contribution in [0.2, 0.25) is 0 Å². The van der Waals surface area contributed by atoms with Crippen molar-refractivity contribution in [1.29, 1.82) is 0 Å². The van der Waals surface area contributed by atoms with Crippen LogP contribution in [0, 0.1) is 6.92 Å². The number of aryl methyl sites for hydroxylation is 1. The van der Waals surface area contributed by atoms with Crippen LogP contribution in [0.5, 0.6) is 0 Å². The molecule has 0 radical (unpaired) electrons. The van der Waals surface area contributed by atoms with E-state index in [-0.39, 0.29) is 0 Å². The molecule has 45 heavy (non-hydrogen) atoms. The third-order valence-electron chi connectivity index (χ3n) is 9.48. The number of hydrogen-bond donors (Lipinski definition) is 0. The molecule has 0 N–H and O–H groups in total. The van der Waals surface area contributed by atoms with Gasteiger partial charge in [0.2, 0.25) is 0 Å². The summed E-state index contributed by atoms with van der Waals surface area (Å²) >= 11 is 1.85. The number of aromatic nitrogens is 2. The Balaban J connectivity index is 1.24. The molecule has 0 aliphatic carbocycles. The van der Waals surface area contributed by atoms with E-state index < -0.39 is 0 Å². The summed E-state index contributed by atoms with van der Waals surface area (Å²) in [4.78, 5) is 7.38. The molecule has 8 aromatic carbocycles. The molecule has 9 aromatic rings. The first-order valence-corrected chi connectivity index (χ1v) is 16.2. The molecule has 1 aromatic heterocycles. The van der Waals surface area contributed by atoms with Crippen LogP contribution in [0.4, 0.5) is 0 Å². The summed E-state index contributed by atoms with van der Waals surface area (Å²) in [7, 11) is 0. The van der Waals surface area contributed by atoms with Crippen molar-refractivity contribution in [3.8, 4) is 27.9 Å². The molecule has 0 spiro atoms. The van der Waals surface area contributed by atoms with Gasteiger partial charge in [-0.25, -0.2) is 4.98 Å². The molecule has 1 aliphatic rings. The number of imidazole rings is 1. The molecular weight excluding hydrogens is 565 g/mol. The summed E-state index contributed by atoms with van der Waals surface area (Å²) in [6, 6.07) is 51.4. The lowest BCUT2D eigenvalue weighted by atomic mass is 9.85. The lowest BCUT2D eigenvalue weighted by Crippen LogP contribution is -2.03. The van der Waals surface area contributed by atoms with Crippen LogP contribution in [0.1, 0.15) is 5.82 Å². The standard InChI is InChI=1S/C42H26N2S/c1-25-43-36-15-8-16-38-42(36)44(25)37-22-21-29(24-39(37)45-38)41-33-13-6-4-11-31(33)40(32-12-5-7-14-34(32)41)28-20-19-27-18-17-26-9-2-3-10-30(26)35(27)23-28/h2-24H,1H3. The minimum absolute atomic E-state index is 1.02. The average Bonchev–Trinajstić information content (AvgIpc) is 3.43. The summed E-state index contributed by atoms with van der Waals surface area (Å²) in [5, 5.41) is 10.2. The van der Waals surface area contributed by atoms with Gasteiger partial charge in [0.05, 0.1) is 16.7 Å². The Kier molecular flexibility index (Phi) is 5.17. The number of fused-ring (bicyclic) bond motifs is 7. The largest absolute Gasteiger partial charge is 0.294 e. The Morgan fingerprint density at radius 3 is 1.78 bits per heavy atom. The number of para-hydroxylation sites is 1. The van der Waals surface area contributed by atoms with Gasteiger partial charge >= 0.3 is 0 Å². The predicted molar refractivity (Wildman–Crippen MR) is 191 cm³/mol. The summed E-state index contributed by atoms with van der Waals surface area (Å²) in [6.07, 6.45) is 0. The van der Waals surface area contributed by atoms with Crippen molar-refractivity contribution in [3.63, 3.8) is 0 Å². The van der Waals surface area contributed by atoms with Crippen LogP contribution in [-0.4, -0.2) is 9.55 Å². The smallest absolute Gasteiger partial charge is 0.111 e. The minimum atomic E-state index is 1.02. The van der Waals surface area contributed by atoms with Gasteiger partial charge < -0.3 is 0 Å². The molecule has 0 unspecified atom stereocenters. The van der Waals surface area contributed by atoms with Crippen molar-refractivity contribution in [3.05, 3.63) is 145 Å². The Bertz CT molecular complexity index is 2640. The third kappa shape index (κ3) is 3.56. The van der Waals surface area contributed by atoms with Crippen LogP contribution < -0.4 is 0 Å². The van der Waals surface area contributed by atoms with Crippen LogP contribution in [0.15, 0.2) is 149 Å². The Morgan fingerprint density at radius 1 is 0.489 bits per heavy atom. The highest BCUT2D eigenvalue weighted by atomic mass is 32.2. The summed E-state index contributed by atoms with van der Waals surface area (Å²) in [5.41, 5.74) is 8.53. The quantitative estimate of drug-likeness (QED) is 0.147. The second-order valence-corrected chi connectivity index (χ2v) is 13.1. The molecule has 3 heteroatoms. The summed E-state index contributed by atoms with van der Waals surface area (Å²) in [6.45, 7) is 2.10. The fourth-order valence-electron chi connectivity index (χ4n) is 7.55. The average molecular weight is 591 g/mol. The van der Waals surface area contributed by atoms with Crippen molar-refractivity contribution in [2.45, 2.75) is 16.7 Å². The van der Waals surface area contributed by atoms with Crippen molar-refractivity contribution < 1.29 is 0 Å². The second kappa shape index (κ2) is 9.31. The molecule has 1 aliphatic heterocycles. The maximum atomic E-state index is 4.87. The molecule has 2 nitrogen and oxygen atoms in total. The van der Waals surface area contributed by atoms with Gasteiger partial charge in [0.25, 0.3) is 0 Å². The first-order chi connectivity index (χ1) is 22.2. The minimum Gasteiger partial charge on any atom is -0.294 e. The number of rotatable bonds is 2. The van der Waals surface area contributed by atoms with Crippen molar-refractivity contribution >= 4 is 65.9 Å². The SMILES string of the molecule is Cc1nc2cccc3c2n1-c1ccc(-c2c4ccccc4c(-c4ccc5ccc6ccccc6c5c4)c4ccccc24)cc1S3. The zero-order valence-corrected chi connectivity index (χ0v) is 25.4. The highest BCUT2D eigenvalue weighted by Gasteiger charge is 2.24. The zero-order chi connectivity index (χ0) is 29.6. The Labute approximate surface area is 264 Å². The van der Waals surface area contributed by atoms with Crippen LogP contribution >= 0.6 is 11.8 Å². The van der Waals surface area contributed by atoms with Gasteiger partial charge in [-0.2, -0.15) is 0 Å². The van der Waals surface area contributed by atoms with E-state index in [1.807, 2.05) is 11.8 Å². The van der Waals surface area contributed by atoms with Gasteiger partial charge in [0.15, 0.2) is 0 Å². The number of benzene rings is 8. The summed E-state index contributed by atoms with van der Waals surface area (Å²) in [5.74, 6) is 1.02. The van der Waals surface area contributed by atoms with E-state index in [2.05, 4.69) is 151 Å². The van der Waals surface area contributed by atoms with E-state index >= 15 is 0 Å². The number of nitrogens with zero attached hydrogens (tertiary/aromatic N) is 2. The molecule has 0 saturated heterocycles. The molecule has 210 valence electrons. The van der Waals surface area contributed by atoms with Crippen LogP contribution in [0.3, 0.4) is 0 Å².